The molecule has 0 aromatic heterocycles. The first kappa shape index (κ1) is 30.3. The topological polar surface area (TPSA) is 72.8 Å². The molecule has 0 bridgehead atoms. The van der Waals surface area contributed by atoms with Crippen LogP contribution in [0.15, 0.2) is 36.5 Å². The number of hydrogen-bond acceptors (Lipinski definition) is 5. The number of carbonyl (C=O) groups excluding carboxylic acids is 2. The summed E-state index contributed by atoms with van der Waals surface area (Å²) < 4.78 is 11.2. The first-order valence-electron chi connectivity index (χ1n) is 11.8. The summed E-state index contributed by atoms with van der Waals surface area (Å²) in [5, 5.41) is 10.8. The third-order valence-electron chi connectivity index (χ3n) is 6.47. The second kappa shape index (κ2) is 15.2. The summed E-state index contributed by atoms with van der Waals surface area (Å²) in [5.41, 5.74) is -0.00899. The number of aliphatic hydroxyl groups excluding tert-OH is 1. The van der Waals surface area contributed by atoms with Crippen molar-refractivity contribution in [2.75, 3.05) is 7.11 Å². The Morgan fingerprint density at radius 3 is 2.31 bits per heavy atom. The number of unbranched alkanes of at least 4 members (excludes halogenated alkanes) is 1. The molecule has 5 unspecified atom stereocenters. The van der Waals surface area contributed by atoms with E-state index in [2.05, 4.69) is 12.7 Å². The van der Waals surface area contributed by atoms with Crippen molar-refractivity contribution in [3.63, 3.8) is 0 Å². The number of allylic oxidation sites excluding steroid dienone is 3. The monoisotopic (exact) mass is 450 g/mol. The van der Waals surface area contributed by atoms with Crippen LogP contribution in [0.5, 0.6) is 0 Å². The van der Waals surface area contributed by atoms with Crippen molar-refractivity contribution in [1.82, 2.24) is 0 Å². The van der Waals surface area contributed by atoms with E-state index in [4.69, 9.17) is 9.47 Å². The van der Waals surface area contributed by atoms with Gasteiger partial charge in [-0.3, -0.25) is 9.59 Å². The molecule has 0 aliphatic carbocycles. The van der Waals surface area contributed by atoms with Crippen LogP contribution < -0.4 is 0 Å². The van der Waals surface area contributed by atoms with E-state index >= 15 is 0 Å². The number of ketones is 1. The molecule has 0 rings (SSSR count). The van der Waals surface area contributed by atoms with Gasteiger partial charge in [0, 0.05) is 19.4 Å². The van der Waals surface area contributed by atoms with Crippen LogP contribution in [0.3, 0.4) is 0 Å². The summed E-state index contributed by atoms with van der Waals surface area (Å²) in [6, 6.07) is 0. The number of rotatable bonds is 16. The highest BCUT2D eigenvalue weighted by Gasteiger charge is 2.43. The maximum Gasteiger partial charge on any atom is 0.309 e. The zero-order valence-corrected chi connectivity index (χ0v) is 21.5. The van der Waals surface area contributed by atoms with E-state index in [1.54, 1.807) is 26.8 Å². The van der Waals surface area contributed by atoms with Crippen molar-refractivity contribution in [3.05, 3.63) is 36.5 Å². The predicted octanol–water partition coefficient (Wildman–Crippen LogP) is 5.82. The highest BCUT2D eigenvalue weighted by atomic mass is 16.5. The van der Waals surface area contributed by atoms with Gasteiger partial charge >= 0.3 is 5.97 Å². The van der Waals surface area contributed by atoms with Gasteiger partial charge in [-0.1, -0.05) is 52.0 Å². The first-order valence-corrected chi connectivity index (χ1v) is 11.8. The fourth-order valence-electron chi connectivity index (χ4n) is 3.94. The molecule has 5 heteroatoms. The standard InChI is InChI=1S/C27H46O5/c1-10-13-14-15-17-20(5)25(29)21(6)26(30)27(7,8)23(31-9)18-24(28)32-22(16-11-2)19(4)12-3/h10-13,20-23,25,29H,2,14-18H2,1,3-9H3/b13-10?,19-12+. The van der Waals surface area contributed by atoms with Crippen LogP contribution >= 0.6 is 0 Å². The molecule has 0 saturated heterocycles. The third-order valence-corrected chi connectivity index (χ3v) is 6.47. The van der Waals surface area contributed by atoms with Crippen molar-refractivity contribution in [2.45, 2.75) is 98.9 Å². The molecule has 0 amide bonds. The highest BCUT2D eigenvalue weighted by Crippen LogP contribution is 2.33. The number of esters is 1. The van der Waals surface area contributed by atoms with Crippen LogP contribution in [0.1, 0.15) is 80.6 Å². The maximum absolute atomic E-state index is 13.3. The molecule has 5 nitrogen and oxygen atoms in total. The van der Waals surface area contributed by atoms with Crippen LogP contribution in [0.4, 0.5) is 0 Å². The van der Waals surface area contributed by atoms with Crippen molar-refractivity contribution in [2.24, 2.45) is 17.3 Å². The average molecular weight is 451 g/mol. The normalized spacial score (nSPS) is 17.5. The number of Topliss-reactive ketones (excluding diaryl/α,β-unsaturated/α-hetero) is 1. The fraction of sp³-hybridized carbons (Fsp3) is 0.704. The van der Waals surface area contributed by atoms with Gasteiger partial charge in [0.1, 0.15) is 11.9 Å². The van der Waals surface area contributed by atoms with E-state index in [0.29, 0.717) is 6.42 Å². The molecule has 0 radical (unpaired) electrons. The Morgan fingerprint density at radius 2 is 1.81 bits per heavy atom. The van der Waals surface area contributed by atoms with E-state index in [1.165, 1.54) is 7.11 Å². The zero-order valence-electron chi connectivity index (χ0n) is 21.5. The van der Waals surface area contributed by atoms with Crippen molar-refractivity contribution in [1.29, 1.82) is 0 Å². The second-order valence-corrected chi connectivity index (χ2v) is 9.31. The fourth-order valence-corrected chi connectivity index (χ4v) is 3.94. The van der Waals surface area contributed by atoms with Gasteiger partial charge in [-0.2, -0.15) is 0 Å². The lowest BCUT2D eigenvalue weighted by atomic mass is 9.73. The van der Waals surface area contributed by atoms with Gasteiger partial charge in [-0.15, -0.1) is 6.58 Å². The van der Waals surface area contributed by atoms with Crippen LogP contribution in [0, 0.1) is 17.3 Å². The lowest BCUT2D eigenvalue weighted by Crippen LogP contribution is -2.46. The van der Waals surface area contributed by atoms with Crippen molar-refractivity contribution >= 4 is 11.8 Å². The van der Waals surface area contributed by atoms with Crippen molar-refractivity contribution in [3.8, 4) is 0 Å². The largest absolute Gasteiger partial charge is 0.457 e. The molecule has 0 aromatic carbocycles. The molecule has 0 fully saturated rings. The summed E-state index contributed by atoms with van der Waals surface area (Å²) >= 11 is 0. The molecule has 0 aliphatic rings. The number of hydrogen-bond donors (Lipinski definition) is 1. The molecular weight excluding hydrogens is 404 g/mol. The van der Waals surface area contributed by atoms with E-state index in [0.717, 1.165) is 24.8 Å². The third kappa shape index (κ3) is 9.41. The van der Waals surface area contributed by atoms with Gasteiger partial charge in [-0.25, -0.2) is 0 Å². The quantitative estimate of drug-likeness (QED) is 0.182. The molecule has 0 spiro atoms. The highest BCUT2D eigenvalue weighted by molar-refractivity contribution is 5.88. The molecular formula is C27H46O5. The Morgan fingerprint density at radius 1 is 1.19 bits per heavy atom. The zero-order chi connectivity index (χ0) is 24.9. The summed E-state index contributed by atoms with van der Waals surface area (Å²) in [6.07, 6.45) is 9.25. The molecule has 0 aromatic rings. The van der Waals surface area contributed by atoms with Crippen molar-refractivity contribution < 1.29 is 24.2 Å². The summed E-state index contributed by atoms with van der Waals surface area (Å²) in [6.45, 7) is 16.8. The molecule has 0 saturated carbocycles. The molecule has 0 heterocycles. The van der Waals surface area contributed by atoms with Gasteiger partial charge in [0.15, 0.2) is 0 Å². The summed E-state index contributed by atoms with van der Waals surface area (Å²) in [5.74, 6) is -1.09. The Labute approximate surface area is 196 Å². The van der Waals surface area contributed by atoms with Gasteiger partial charge in [0.05, 0.1) is 24.0 Å². The van der Waals surface area contributed by atoms with Gasteiger partial charge in [-0.05, 0) is 51.5 Å². The Kier molecular flexibility index (Phi) is 14.4. The minimum Gasteiger partial charge on any atom is -0.457 e. The molecule has 1 N–H and O–H groups in total. The van der Waals surface area contributed by atoms with E-state index in [-0.39, 0.29) is 24.2 Å². The number of aliphatic hydroxyl groups is 1. The maximum atomic E-state index is 13.3. The Bertz CT molecular complexity index is 646. The van der Waals surface area contributed by atoms with Gasteiger partial charge in [0.25, 0.3) is 0 Å². The van der Waals surface area contributed by atoms with Crippen LogP contribution in [0.25, 0.3) is 0 Å². The van der Waals surface area contributed by atoms with Gasteiger partial charge < -0.3 is 14.6 Å². The number of methoxy groups -OCH3 is 1. The lowest BCUT2D eigenvalue weighted by molar-refractivity contribution is -0.155. The summed E-state index contributed by atoms with van der Waals surface area (Å²) in [7, 11) is 1.50. The number of carbonyl (C=O) groups is 2. The number of ether oxygens (including phenoxy) is 2. The van der Waals surface area contributed by atoms with Crippen LogP contribution in [0.2, 0.25) is 0 Å². The molecule has 0 aliphatic heterocycles. The minimum absolute atomic E-state index is 0.00411. The van der Waals surface area contributed by atoms with Gasteiger partial charge in [0.2, 0.25) is 0 Å². The molecule has 5 atom stereocenters. The smallest absolute Gasteiger partial charge is 0.309 e. The Balaban J connectivity index is 5.20. The predicted molar refractivity (Wildman–Crippen MR) is 131 cm³/mol. The van der Waals surface area contributed by atoms with Crippen LogP contribution in [-0.4, -0.2) is 42.3 Å². The minimum atomic E-state index is -0.956. The first-order chi connectivity index (χ1) is 15.0. The second-order valence-electron chi connectivity index (χ2n) is 9.31. The van der Waals surface area contributed by atoms with E-state index in [1.807, 2.05) is 39.8 Å². The molecule has 32 heavy (non-hydrogen) atoms. The lowest BCUT2D eigenvalue weighted by Gasteiger charge is -2.36. The Hall–Kier alpha value is -1.72. The van der Waals surface area contributed by atoms with E-state index in [9.17, 15) is 14.7 Å². The van der Waals surface area contributed by atoms with Crippen LogP contribution in [-0.2, 0) is 19.1 Å². The average Bonchev–Trinajstić information content (AvgIpc) is 2.77. The van der Waals surface area contributed by atoms with E-state index < -0.39 is 29.5 Å². The molecule has 184 valence electrons. The SMILES string of the molecule is C=CCC(OC(=O)CC(OC)C(C)(C)C(=O)C(C)C(O)C(C)CCCC=CC)/C(C)=C/C. The summed E-state index contributed by atoms with van der Waals surface area (Å²) in [4.78, 5) is 26.0.